The van der Waals surface area contributed by atoms with E-state index >= 15 is 0 Å². The average molecular weight is 469 g/mol. The van der Waals surface area contributed by atoms with Crippen LogP contribution in [0.25, 0.3) is 0 Å². The fraction of sp³-hybridized carbons (Fsp3) is 0.414. The van der Waals surface area contributed by atoms with Crippen molar-refractivity contribution in [2.75, 3.05) is 33.8 Å². The van der Waals surface area contributed by atoms with Crippen molar-refractivity contribution in [1.29, 1.82) is 0 Å². The summed E-state index contributed by atoms with van der Waals surface area (Å²) in [7, 11) is 3.84. The van der Waals surface area contributed by atoms with Gasteiger partial charge >= 0.3 is 0 Å². The van der Waals surface area contributed by atoms with Crippen LogP contribution in [0.15, 0.2) is 78.4 Å². The van der Waals surface area contributed by atoms with Crippen LogP contribution in [0.1, 0.15) is 38.8 Å². The van der Waals surface area contributed by atoms with Gasteiger partial charge in [0.2, 0.25) is 0 Å². The highest BCUT2D eigenvalue weighted by molar-refractivity contribution is 5.51. The smallest absolute Gasteiger partial charge is 0.133 e. The minimum absolute atomic E-state index is 0.282. The molecule has 1 atom stereocenters. The van der Waals surface area contributed by atoms with Gasteiger partial charge in [-0.2, -0.15) is 0 Å². The van der Waals surface area contributed by atoms with Crippen molar-refractivity contribution in [1.82, 2.24) is 10.2 Å². The Labute approximate surface area is 207 Å². The standard InChI is InChI=1S/C10H17NO2.C10H13N.C7H8O.C2H6/c1-3-5-9(4-2)10(13)8-11-6-7-12;1-11-7-6-9-4-2-3-5-10(9)8-11;1-8-7-5-3-2-4-6-7;1-2/h3-5,7,10-11,13H,6,8H2,1-2H3;2-5H,6-8H2,1H3;2-6H,1H3;1-2H3/b5-3-,9-4+;;;. The number of allylic oxidation sites excluding steroid dienone is 2. The summed E-state index contributed by atoms with van der Waals surface area (Å²) in [6.45, 7) is 10.8. The molecule has 0 aliphatic carbocycles. The maximum absolute atomic E-state index is 9.98. The molecule has 5 nitrogen and oxygen atoms in total. The first-order valence-corrected chi connectivity index (χ1v) is 12.0. The van der Waals surface area contributed by atoms with E-state index < -0.39 is 6.10 Å². The highest BCUT2D eigenvalue weighted by Gasteiger charge is 2.10. The lowest BCUT2D eigenvalue weighted by atomic mass is 10.0. The van der Waals surface area contributed by atoms with Crippen molar-refractivity contribution < 1.29 is 14.6 Å². The van der Waals surface area contributed by atoms with E-state index in [-0.39, 0.29) is 6.54 Å². The van der Waals surface area contributed by atoms with Crippen molar-refractivity contribution in [2.45, 2.75) is 46.8 Å². The summed E-state index contributed by atoms with van der Waals surface area (Å²) in [5.74, 6) is 0.910. The molecule has 0 fully saturated rings. The normalized spacial score (nSPS) is 13.7. The third-order valence-electron chi connectivity index (χ3n) is 4.94. The lowest BCUT2D eigenvalue weighted by Crippen LogP contribution is -2.29. The molecule has 0 saturated heterocycles. The van der Waals surface area contributed by atoms with E-state index in [4.69, 9.17) is 4.74 Å². The number of nitrogens with one attached hydrogen (secondary N) is 1. The summed E-state index contributed by atoms with van der Waals surface area (Å²) in [6.07, 6.45) is 7.03. The zero-order chi connectivity index (χ0) is 25.6. The number of carbonyl (C=O) groups excluding carboxylic acids is 1. The fourth-order valence-corrected chi connectivity index (χ4v) is 3.18. The van der Waals surface area contributed by atoms with E-state index in [2.05, 4.69) is 41.5 Å². The quantitative estimate of drug-likeness (QED) is 0.338. The maximum Gasteiger partial charge on any atom is 0.133 e. The Morgan fingerprint density at radius 1 is 1.09 bits per heavy atom. The van der Waals surface area contributed by atoms with Crippen molar-refractivity contribution in [3.8, 4) is 5.75 Å². The summed E-state index contributed by atoms with van der Waals surface area (Å²) in [5.41, 5.74) is 3.90. The molecule has 1 aliphatic heterocycles. The summed E-state index contributed by atoms with van der Waals surface area (Å²) in [4.78, 5) is 12.3. The van der Waals surface area contributed by atoms with Gasteiger partial charge in [-0.05, 0) is 56.1 Å². The summed E-state index contributed by atoms with van der Waals surface area (Å²) in [5, 5.41) is 12.4. The minimum atomic E-state index is -0.541. The van der Waals surface area contributed by atoms with Gasteiger partial charge in [-0.1, -0.05) is 74.5 Å². The van der Waals surface area contributed by atoms with Gasteiger partial charge in [0.25, 0.3) is 0 Å². The molecule has 0 bridgehead atoms. The molecule has 0 spiro atoms. The molecule has 2 aromatic rings. The molecule has 2 N–H and O–H groups in total. The second kappa shape index (κ2) is 20.8. The van der Waals surface area contributed by atoms with E-state index in [1.165, 1.54) is 24.1 Å². The minimum Gasteiger partial charge on any atom is -0.497 e. The molecule has 3 rings (SSSR count). The second-order valence-corrected chi connectivity index (χ2v) is 7.40. The second-order valence-electron chi connectivity index (χ2n) is 7.40. The van der Waals surface area contributed by atoms with Gasteiger partial charge in [-0.3, -0.25) is 0 Å². The molecular formula is C29H44N2O3. The van der Waals surface area contributed by atoms with Gasteiger partial charge in [-0.25, -0.2) is 0 Å². The van der Waals surface area contributed by atoms with E-state index in [9.17, 15) is 9.90 Å². The van der Waals surface area contributed by atoms with E-state index in [0.717, 1.165) is 24.2 Å². The first-order valence-electron chi connectivity index (χ1n) is 12.0. The summed E-state index contributed by atoms with van der Waals surface area (Å²) >= 11 is 0. The number of fused-ring (bicyclic) bond motifs is 1. The van der Waals surface area contributed by atoms with Gasteiger partial charge in [-0.15, -0.1) is 0 Å². The van der Waals surface area contributed by atoms with Crippen LogP contribution in [-0.2, 0) is 17.8 Å². The van der Waals surface area contributed by atoms with Gasteiger partial charge in [0, 0.05) is 19.6 Å². The van der Waals surface area contributed by atoms with Gasteiger partial charge in [0.1, 0.15) is 12.0 Å². The molecule has 0 aromatic heterocycles. The number of carbonyl (C=O) groups is 1. The molecule has 0 amide bonds. The van der Waals surface area contributed by atoms with E-state index in [1.54, 1.807) is 7.11 Å². The zero-order valence-corrected chi connectivity index (χ0v) is 21.8. The predicted molar refractivity (Wildman–Crippen MR) is 144 cm³/mol. The first-order chi connectivity index (χ1) is 16.5. The monoisotopic (exact) mass is 468 g/mol. The maximum atomic E-state index is 9.98. The fourth-order valence-electron chi connectivity index (χ4n) is 3.18. The molecule has 2 aromatic carbocycles. The zero-order valence-electron chi connectivity index (χ0n) is 21.8. The van der Waals surface area contributed by atoms with E-state index in [1.807, 2.05) is 76.3 Å². The van der Waals surface area contributed by atoms with Crippen LogP contribution in [0.5, 0.6) is 5.75 Å². The molecule has 34 heavy (non-hydrogen) atoms. The number of aliphatic hydroxyl groups is 1. The summed E-state index contributed by atoms with van der Waals surface area (Å²) < 4.78 is 4.91. The van der Waals surface area contributed by atoms with Crippen LogP contribution in [0, 0.1) is 0 Å². The molecule has 0 saturated carbocycles. The van der Waals surface area contributed by atoms with Gasteiger partial charge in [0.05, 0.1) is 19.8 Å². The number of nitrogens with zero attached hydrogens (tertiary/aromatic N) is 1. The molecule has 0 radical (unpaired) electrons. The third-order valence-corrected chi connectivity index (χ3v) is 4.94. The number of rotatable bonds is 7. The third kappa shape index (κ3) is 13.7. The first kappa shape index (κ1) is 31.3. The number of aliphatic hydroxyl groups excluding tert-OH is 1. The van der Waals surface area contributed by atoms with Crippen LogP contribution in [0.3, 0.4) is 0 Å². The van der Waals surface area contributed by atoms with Gasteiger partial charge in [0.15, 0.2) is 0 Å². The average Bonchev–Trinajstić information content (AvgIpc) is 2.89. The number of likely N-dealkylation sites (N-methyl/N-ethyl adjacent to an activating group) is 1. The Kier molecular flexibility index (Phi) is 19.2. The lowest BCUT2D eigenvalue weighted by molar-refractivity contribution is -0.107. The van der Waals surface area contributed by atoms with Crippen molar-refractivity contribution in [3.63, 3.8) is 0 Å². The highest BCUT2D eigenvalue weighted by Crippen LogP contribution is 2.16. The number of aldehydes is 1. The van der Waals surface area contributed by atoms with Crippen molar-refractivity contribution in [3.05, 3.63) is 89.5 Å². The van der Waals surface area contributed by atoms with Gasteiger partial charge < -0.3 is 24.9 Å². The topological polar surface area (TPSA) is 61.8 Å². The number of hydrogen-bond donors (Lipinski definition) is 2. The van der Waals surface area contributed by atoms with E-state index in [0.29, 0.717) is 6.54 Å². The number of methoxy groups -OCH3 is 1. The number of benzene rings is 2. The van der Waals surface area contributed by atoms with Crippen LogP contribution in [-0.4, -0.2) is 56.2 Å². The van der Waals surface area contributed by atoms with Crippen molar-refractivity contribution >= 4 is 6.29 Å². The lowest BCUT2D eigenvalue weighted by Gasteiger charge is -2.24. The van der Waals surface area contributed by atoms with Crippen LogP contribution < -0.4 is 10.1 Å². The number of hydrogen-bond acceptors (Lipinski definition) is 5. The molecule has 188 valence electrons. The van der Waals surface area contributed by atoms with Crippen LogP contribution in [0.2, 0.25) is 0 Å². The Morgan fingerprint density at radius 2 is 1.71 bits per heavy atom. The van der Waals surface area contributed by atoms with Crippen LogP contribution >= 0.6 is 0 Å². The Morgan fingerprint density at radius 3 is 2.24 bits per heavy atom. The largest absolute Gasteiger partial charge is 0.497 e. The van der Waals surface area contributed by atoms with Crippen molar-refractivity contribution in [2.24, 2.45) is 0 Å². The SMILES string of the molecule is C/C=C\C(=C/C)C(O)CNCC=O.CC.CN1CCc2ccccc2C1.COc1ccccc1. The molecule has 1 aliphatic rings. The Hall–Kier alpha value is -2.73. The summed E-state index contributed by atoms with van der Waals surface area (Å²) in [6, 6.07) is 18.4. The predicted octanol–water partition coefficient (Wildman–Crippen LogP) is 5.05. The Bertz CT molecular complexity index is 819. The molecule has 1 heterocycles. The number of ether oxygens (including phenoxy) is 1. The Balaban J connectivity index is 0.000000473. The number of para-hydroxylation sites is 1. The molecule has 1 unspecified atom stereocenters. The molecular weight excluding hydrogens is 424 g/mol. The van der Waals surface area contributed by atoms with Crippen LogP contribution in [0.4, 0.5) is 0 Å². The molecule has 5 heteroatoms. The highest BCUT2D eigenvalue weighted by atomic mass is 16.5.